The van der Waals surface area contributed by atoms with Gasteiger partial charge in [0, 0.05) is 24.5 Å². The third-order valence-electron chi connectivity index (χ3n) is 4.09. The molecule has 1 aliphatic rings. The van der Waals surface area contributed by atoms with Crippen molar-refractivity contribution < 1.29 is 9.53 Å². The molecular weight excluding hydrogens is 314 g/mol. The SMILES string of the molecule is CC(C)Oc1ccccc1NC(=O)Nc1ccc(N2CCCC2)cc1. The molecule has 5 heteroatoms. The van der Waals surface area contributed by atoms with Crippen LogP contribution >= 0.6 is 0 Å². The molecule has 2 N–H and O–H groups in total. The molecule has 0 aromatic heterocycles. The number of carbonyl (C=O) groups is 1. The van der Waals surface area contributed by atoms with E-state index in [0.717, 1.165) is 18.8 Å². The second-order valence-electron chi connectivity index (χ2n) is 6.48. The van der Waals surface area contributed by atoms with Crippen LogP contribution < -0.4 is 20.3 Å². The van der Waals surface area contributed by atoms with Crippen LogP contribution in [0.25, 0.3) is 0 Å². The fourth-order valence-electron chi connectivity index (χ4n) is 2.94. The molecule has 0 radical (unpaired) electrons. The molecule has 0 bridgehead atoms. The highest BCUT2D eigenvalue weighted by molar-refractivity contribution is 6.00. The summed E-state index contributed by atoms with van der Waals surface area (Å²) in [6.07, 6.45) is 2.55. The average Bonchev–Trinajstić information content (AvgIpc) is 3.11. The molecule has 1 heterocycles. The predicted molar refractivity (Wildman–Crippen MR) is 103 cm³/mol. The van der Waals surface area contributed by atoms with E-state index in [1.54, 1.807) is 0 Å². The van der Waals surface area contributed by atoms with E-state index in [4.69, 9.17) is 4.74 Å². The third kappa shape index (κ3) is 4.66. The standard InChI is InChI=1S/C20H25N3O2/c1-15(2)25-19-8-4-3-7-18(19)22-20(24)21-16-9-11-17(12-10-16)23-13-5-6-14-23/h3-4,7-12,15H,5-6,13-14H2,1-2H3,(H2,21,22,24). The van der Waals surface area contributed by atoms with Crippen LogP contribution in [0.5, 0.6) is 5.75 Å². The third-order valence-corrected chi connectivity index (χ3v) is 4.09. The van der Waals surface area contributed by atoms with Crippen molar-refractivity contribution in [1.82, 2.24) is 0 Å². The summed E-state index contributed by atoms with van der Waals surface area (Å²) in [6, 6.07) is 15.1. The molecule has 0 aliphatic carbocycles. The van der Waals surface area contributed by atoms with Crippen molar-refractivity contribution in [1.29, 1.82) is 0 Å². The summed E-state index contributed by atoms with van der Waals surface area (Å²) in [5.41, 5.74) is 2.63. The van der Waals surface area contributed by atoms with E-state index in [-0.39, 0.29) is 12.1 Å². The number of benzene rings is 2. The molecule has 0 saturated carbocycles. The lowest BCUT2D eigenvalue weighted by molar-refractivity contribution is 0.243. The van der Waals surface area contributed by atoms with Crippen molar-refractivity contribution in [2.24, 2.45) is 0 Å². The van der Waals surface area contributed by atoms with E-state index in [1.165, 1.54) is 18.5 Å². The minimum atomic E-state index is -0.284. The van der Waals surface area contributed by atoms with Crippen molar-refractivity contribution in [2.75, 3.05) is 28.6 Å². The molecule has 3 rings (SSSR count). The topological polar surface area (TPSA) is 53.6 Å². The first kappa shape index (κ1) is 17.1. The predicted octanol–water partition coefficient (Wildman–Crippen LogP) is 4.72. The monoisotopic (exact) mass is 339 g/mol. The average molecular weight is 339 g/mol. The van der Waals surface area contributed by atoms with Crippen LogP contribution in [0.2, 0.25) is 0 Å². The van der Waals surface area contributed by atoms with Crippen LogP contribution in [0.1, 0.15) is 26.7 Å². The summed E-state index contributed by atoms with van der Waals surface area (Å²) >= 11 is 0. The van der Waals surface area contributed by atoms with E-state index in [2.05, 4.69) is 27.7 Å². The second-order valence-corrected chi connectivity index (χ2v) is 6.48. The van der Waals surface area contributed by atoms with E-state index < -0.39 is 0 Å². The molecular formula is C20H25N3O2. The summed E-state index contributed by atoms with van der Waals surface area (Å²) in [5.74, 6) is 0.664. The highest BCUT2D eigenvalue weighted by atomic mass is 16.5. The second kappa shape index (κ2) is 7.92. The van der Waals surface area contributed by atoms with Gasteiger partial charge in [0.05, 0.1) is 11.8 Å². The first-order valence-electron chi connectivity index (χ1n) is 8.80. The van der Waals surface area contributed by atoms with Gasteiger partial charge in [-0.2, -0.15) is 0 Å². The molecule has 1 aliphatic heterocycles. The van der Waals surface area contributed by atoms with Crippen molar-refractivity contribution >= 4 is 23.1 Å². The summed E-state index contributed by atoms with van der Waals surface area (Å²) in [4.78, 5) is 14.6. The Morgan fingerprint density at radius 3 is 2.36 bits per heavy atom. The fourth-order valence-corrected chi connectivity index (χ4v) is 2.94. The molecule has 2 aromatic rings. The lowest BCUT2D eigenvalue weighted by Crippen LogP contribution is -2.21. The Balaban J connectivity index is 1.61. The van der Waals surface area contributed by atoms with Crippen LogP contribution in [-0.2, 0) is 0 Å². The molecule has 2 amide bonds. The van der Waals surface area contributed by atoms with Gasteiger partial charge in [-0.3, -0.25) is 0 Å². The Kier molecular flexibility index (Phi) is 5.43. The smallest absolute Gasteiger partial charge is 0.323 e. The van der Waals surface area contributed by atoms with Gasteiger partial charge in [-0.15, -0.1) is 0 Å². The number of hydrogen-bond donors (Lipinski definition) is 2. The zero-order valence-electron chi connectivity index (χ0n) is 14.8. The van der Waals surface area contributed by atoms with Crippen LogP contribution in [0.4, 0.5) is 21.9 Å². The van der Waals surface area contributed by atoms with Gasteiger partial charge in [-0.05, 0) is 63.1 Å². The van der Waals surface area contributed by atoms with Gasteiger partial charge in [0.1, 0.15) is 5.75 Å². The molecule has 1 saturated heterocycles. The Morgan fingerprint density at radius 1 is 1.00 bits per heavy atom. The van der Waals surface area contributed by atoms with Gasteiger partial charge in [-0.1, -0.05) is 12.1 Å². The number of anilines is 3. The number of para-hydroxylation sites is 2. The van der Waals surface area contributed by atoms with Gasteiger partial charge in [0.25, 0.3) is 0 Å². The lowest BCUT2D eigenvalue weighted by atomic mass is 10.2. The molecule has 0 unspecified atom stereocenters. The van der Waals surface area contributed by atoms with Gasteiger partial charge >= 0.3 is 6.03 Å². The molecule has 5 nitrogen and oxygen atoms in total. The van der Waals surface area contributed by atoms with Crippen LogP contribution in [0, 0.1) is 0 Å². The first-order chi connectivity index (χ1) is 12.1. The lowest BCUT2D eigenvalue weighted by Gasteiger charge is -2.18. The summed E-state index contributed by atoms with van der Waals surface area (Å²) in [5, 5.41) is 5.71. The molecule has 1 fully saturated rings. The number of rotatable bonds is 5. The van der Waals surface area contributed by atoms with Gasteiger partial charge in [0.15, 0.2) is 0 Å². The Hall–Kier alpha value is -2.69. The molecule has 0 spiro atoms. The largest absolute Gasteiger partial charge is 0.489 e. The highest BCUT2D eigenvalue weighted by Gasteiger charge is 2.12. The Labute approximate surface area is 149 Å². The summed E-state index contributed by atoms with van der Waals surface area (Å²) in [7, 11) is 0. The summed E-state index contributed by atoms with van der Waals surface area (Å²) < 4.78 is 5.72. The van der Waals surface area contributed by atoms with Gasteiger partial charge < -0.3 is 20.3 Å². The molecule has 25 heavy (non-hydrogen) atoms. The zero-order valence-corrected chi connectivity index (χ0v) is 14.8. The number of urea groups is 1. The van der Waals surface area contributed by atoms with Crippen molar-refractivity contribution in [2.45, 2.75) is 32.8 Å². The zero-order chi connectivity index (χ0) is 17.6. The molecule has 2 aromatic carbocycles. The normalized spacial score (nSPS) is 13.8. The van der Waals surface area contributed by atoms with E-state index >= 15 is 0 Å². The number of nitrogens with one attached hydrogen (secondary N) is 2. The van der Waals surface area contributed by atoms with Crippen LogP contribution in [0.3, 0.4) is 0 Å². The number of nitrogens with zero attached hydrogens (tertiary/aromatic N) is 1. The quantitative estimate of drug-likeness (QED) is 0.829. The minimum absolute atomic E-state index is 0.0455. The van der Waals surface area contributed by atoms with E-state index in [9.17, 15) is 4.79 Å². The number of carbonyl (C=O) groups excluding carboxylic acids is 1. The van der Waals surface area contributed by atoms with Crippen LogP contribution in [-0.4, -0.2) is 25.2 Å². The maximum atomic E-state index is 12.3. The van der Waals surface area contributed by atoms with Gasteiger partial charge in [-0.25, -0.2) is 4.79 Å². The first-order valence-corrected chi connectivity index (χ1v) is 8.80. The molecule has 0 atom stereocenters. The van der Waals surface area contributed by atoms with E-state index in [0.29, 0.717) is 11.4 Å². The maximum Gasteiger partial charge on any atom is 0.323 e. The van der Waals surface area contributed by atoms with Crippen molar-refractivity contribution in [3.63, 3.8) is 0 Å². The summed E-state index contributed by atoms with van der Waals surface area (Å²) in [6.45, 7) is 6.14. The highest BCUT2D eigenvalue weighted by Crippen LogP contribution is 2.25. The van der Waals surface area contributed by atoms with E-state index in [1.807, 2.05) is 50.2 Å². The number of hydrogen-bond acceptors (Lipinski definition) is 3. The fraction of sp³-hybridized carbons (Fsp3) is 0.350. The number of amides is 2. The van der Waals surface area contributed by atoms with Gasteiger partial charge in [0.2, 0.25) is 0 Å². The molecule has 132 valence electrons. The minimum Gasteiger partial charge on any atom is -0.489 e. The number of ether oxygens (including phenoxy) is 1. The van der Waals surface area contributed by atoms with Crippen molar-refractivity contribution in [3.05, 3.63) is 48.5 Å². The van der Waals surface area contributed by atoms with Crippen LogP contribution in [0.15, 0.2) is 48.5 Å². The maximum absolute atomic E-state index is 12.3. The van der Waals surface area contributed by atoms with Crippen molar-refractivity contribution in [3.8, 4) is 5.75 Å². The Morgan fingerprint density at radius 2 is 1.68 bits per heavy atom. The Bertz CT molecular complexity index is 707.